The Morgan fingerprint density at radius 2 is 1.77 bits per heavy atom. The Morgan fingerprint density at radius 3 is 2.15 bits per heavy atom. The van der Waals surface area contributed by atoms with Crippen LogP contribution in [0.3, 0.4) is 0 Å². The Balaban J connectivity index is 2.78. The number of hydrogen-bond donors (Lipinski definition) is 1. The number of aromatic nitrogens is 2. The molecule has 0 aromatic carbocycles. The van der Waals surface area contributed by atoms with Crippen molar-refractivity contribution in [1.82, 2.24) is 9.97 Å². The predicted octanol–water partition coefficient (Wildman–Crippen LogP) is 0.815. The van der Waals surface area contributed by atoms with Gasteiger partial charge in [0.2, 0.25) is 5.95 Å². The smallest absolute Gasteiger partial charge is 0.225 e. The average molecular weight is 181 g/mol. The Morgan fingerprint density at radius 1 is 1.23 bits per heavy atom. The normalized spacial score (nSPS) is 10.1. The van der Waals surface area contributed by atoms with Crippen LogP contribution in [0.4, 0.5) is 5.95 Å². The van der Waals surface area contributed by atoms with Crippen molar-refractivity contribution >= 4 is 5.95 Å². The van der Waals surface area contributed by atoms with E-state index in [-0.39, 0.29) is 6.61 Å². The molecular formula is C9H15N3O. The summed E-state index contributed by atoms with van der Waals surface area (Å²) < 4.78 is 0. The molecule has 0 atom stereocenters. The summed E-state index contributed by atoms with van der Waals surface area (Å²) in [5, 5.41) is 8.79. The molecule has 0 unspecified atom stereocenters. The number of hydrogen-bond acceptors (Lipinski definition) is 4. The third kappa shape index (κ3) is 2.39. The van der Waals surface area contributed by atoms with Crippen molar-refractivity contribution in [3.05, 3.63) is 18.0 Å². The van der Waals surface area contributed by atoms with Crippen LogP contribution >= 0.6 is 0 Å². The molecule has 4 nitrogen and oxygen atoms in total. The zero-order valence-electron chi connectivity index (χ0n) is 8.06. The highest BCUT2D eigenvalue weighted by molar-refractivity contribution is 5.28. The molecule has 1 rings (SSSR count). The molecule has 1 heterocycles. The van der Waals surface area contributed by atoms with Crippen LogP contribution in [0.25, 0.3) is 0 Å². The van der Waals surface area contributed by atoms with Crippen LogP contribution in [0.15, 0.2) is 12.4 Å². The summed E-state index contributed by atoms with van der Waals surface area (Å²) in [6.45, 7) is 5.92. The van der Waals surface area contributed by atoms with Gasteiger partial charge in [0, 0.05) is 31.0 Å². The molecule has 0 aliphatic carbocycles. The molecule has 1 aromatic heterocycles. The molecule has 0 aliphatic rings. The monoisotopic (exact) mass is 181 g/mol. The SMILES string of the molecule is CCN(CC)c1ncc(CO)cn1. The van der Waals surface area contributed by atoms with Gasteiger partial charge in [0.25, 0.3) is 0 Å². The van der Waals surface area contributed by atoms with Crippen molar-refractivity contribution in [2.75, 3.05) is 18.0 Å². The van der Waals surface area contributed by atoms with E-state index in [4.69, 9.17) is 5.11 Å². The van der Waals surface area contributed by atoms with Crippen LogP contribution in [-0.4, -0.2) is 28.2 Å². The van der Waals surface area contributed by atoms with Crippen LogP contribution in [0.1, 0.15) is 19.4 Å². The molecule has 0 fully saturated rings. The highest BCUT2D eigenvalue weighted by Gasteiger charge is 2.03. The predicted molar refractivity (Wildman–Crippen MR) is 51.5 cm³/mol. The Bertz CT molecular complexity index is 244. The van der Waals surface area contributed by atoms with E-state index < -0.39 is 0 Å². The van der Waals surface area contributed by atoms with E-state index in [1.165, 1.54) is 0 Å². The number of aliphatic hydroxyl groups is 1. The van der Waals surface area contributed by atoms with E-state index in [9.17, 15) is 0 Å². The maximum atomic E-state index is 8.79. The fraction of sp³-hybridized carbons (Fsp3) is 0.556. The standard InChI is InChI=1S/C9H15N3O/c1-3-12(4-2)9-10-5-8(7-13)6-11-9/h5-6,13H,3-4,7H2,1-2H3. The van der Waals surface area contributed by atoms with Crippen molar-refractivity contribution in [3.8, 4) is 0 Å². The quantitative estimate of drug-likeness (QED) is 0.747. The second kappa shape index (κ2) is 4.77. The van der Waals surface area contributed by atoms with Gasteiger partial charge < -0.3 is 10.0 Å². The fourth-order valence-corrected chi connectivity index (χ4v) is 1.10. The third-order valence-electron chi connectivity index (χ3n) is 1.92. The number of rotatable bonds is 4. The van der Waals surface area contributed by atoms with E-state index >= 15 is 0 Å². The van der Waals surface area contributed by atoms with Crippen molar-refractivity contribution in [2.45, 2.75) is 20.5 Å². The molecule has 0 saturated heterocycles. The van der Waals surface area contributed by atoms with Crippen LogP contribution in [0.2, 0.25) is 0 Å². The Hall–Kier alpha value is -1.16. The number of nitrogens with zero attached hydrogens (tertiary/aromatic N) is 3. The van der Waals surface area contributed by atoms with Crippen LogP contribution in [-0.2, 0) is 6.61 Å². The first-order valence-electron chi connectivity index (χ1n) is 4.48. The Kier molecular flexibility index (Phi) is 3.64. The highest BCUT2D eigenvalue weighted by atomic mass is 16.3. The average Bonchev–Trinajstić information content (AvgIpc) is 2.21. The molecule has 1 N–H and O–H groups in total. The second-order valence-corrected chi connectivity index (χ2v) is 2.72. The van der Waals surface area contributed by atoms with Crippen molar-refractivity contribution < 1.29 is 5.11 Å². The van der Waals surface area contributed by atoms with Crippen molar-refractivity contribution in [1.29, 1.82) is 0 Å². The number of anilines is 1. The van der Waals surface area contributed by atoms with Gasteiger partial charge in [-0.1, -0.05) is 0 Å². The van der Waals surface area contributed by atoms with E-state index in [1.807, 2.05) is 0 Å². The molecule has 0 saturated carbocycles. The molecule has 1 aromatic rings. The third-order valence-corrected chi connectivity index (χ3v) is 1.92. The molecule has 0 radical (unpaired) electrons. The lowest BCUT2D eigenvalue weighted by Crippen LogP contribution is -2.24. The van der Waals surface area contributed by atoms with E-state index in [0.29, 0.717) is 0 Å². The van der Waals surface area contributed by atoms with E-state index in [0.717, 1.165) is 24.6 Å². The molecule has 72 valence electrons. The van der Waals surface area contributed by atoms with Gasteiger partial charge in [-0.15, -0.1) is 0 Å². The molecular weight excluding hydrogens is 166 g/mol. The molecule has 13 heavy (non-hydrogen) atoms. The lowest BCUT2D eigenvalue weighted by atomic mass is 10.4. The van der Waals surface area contributed by atoms with E-state index in [1.54, 1.807) is 12.4 Å². The largest absolute Gasteiger partial charge is 0.392 e. The first-order valence-corrected chi connectivity index (χ1v) is 4.48. The highest BCUT2D eigenvalue weighted by Crippen LogP contribution is 2.05. The lowest BCUT2D eigenvalue weighted by Gasteiger charge is -2.17. The van der Waals surface area contributed by atoms with Gasteiger partial charge in [-0.25, -0.2) is 9.97 Å². The van der Waals surface area contributed by atoms with Crippen molar-refractivity contribution in [2.24, 2.45) is 0 Å². The first kappa shape index (κ1) is 9.92. The zero-order valence-corrected chi connectivity index (χ0v) is 8.06. The zero-order chi connectivity index (χ0) is 9.68. The van der Waals surface area contributed by atoms with Gasteiger partial charge in [0.1, 0.15) is 0 Å². The molecule has 4 heteroatoms. The van der Waals surface area contributed by atoms with Gasteiger partial charge in [-0.3, -0.25) is 0 Å². The summed E-state index contributed by atoms with van der Waals surface area (Å²) in [6, 6.07) is 0. The maximum Gasteiger partial charge on any atom is 0.225 e. The Labute approximate surface area is 78.2 Å². The van der Waals surface area contributed by atoms with Gasteiger partial charge in [-0.05, 0) is 13.8 Å². The van der Waals surface area contributed by atoms with Crippen LogP contribution < -0.4 is 4.90 Å². The topological polar surface area (TPSA) is 49.2 Å². The molecule has 0 aliphatic heterocycles. The summed E-state index contributed by atoms with van der Waals surface area (Å²) in [7, 11) is 0. The summed E-state index contributed by atoms with van der Waals surface area (Å²) in [5.74, 6) is 0.724. The minimum Gasteiger partial charge on any atom is -0.392 e. The minimum absolute atomic E-state index is 0.00146. The first-order chi connectivity index (χ1) is 6.31. The van der Waals surface area contributed by atoms with Crippen LogP contribution in [0, 0.1) is 0 Å². The second-order valence-electron chi connectivity index (χ2n) is 2.72. The van der Waals surface area contributed by atoms with E-state index in [2.05, 4.69) is 28.7 Å². The molecule has 0 amide bonds. The van der Waals surface area contributed by atoms with Gasteiger partial charge in [0.05, 0.1) is 6.61 Å². The summed E-state index contributed by atoms with van der Waals surface area (Å²) >= 11 is 0. The minimum atomic E-state index is -0.00146. The van der Waals surface area contributed by atoms with Crippen molar-refractivity contribution in [3.63, 3.8) is 0 Å². The summed E-state index contributed by atoms with van der Waals surface area (Å²) in [6.07, 6.45) is 3.31. The lowest BCUT2D eigenvalue weighted by molar-refractivity contribution is 0.281. The van der Waals surface area contributed by atoms with Gasteiger partial charge in [0.15, 0.2) is 0 Å². The molecule has 0 bridgehead atoms. The fourth-order valence-electron chi connectivity index (χ4n) is 1.10. The van der Waals surface area contributed by atoms with Gasteiger partial charge >= 0.3 is 0 Å². The summed E-state index contributed by atoms with van der Waals surface area (Å²) in [4.78, 5) is 10.3. The number of aliphatic hydroxyl groups excluding tert-OH is 1. The molecule has 0 spiro atoms. The van der Waals surface area contributed by atoms with Crippen LogP contribution in [0.5, 0.6) is 0 Å². The maximum absolute atomic E-state index is 8.79. The summed E-state index contributed by atoms with van der Waals surface area (Å²) in [5.41, 5.74) is 0.746. The van der Waals surface area contributed by atoms with Gasteiger partial charge in [-0.2, -0.15) is 0 Å².